The third kappa shape index (κ3) is 8.32. The molecule has 0 spiro atoms. The molecule has 0 fully saturated rings. The number of benzene rings is 1. The predicted molar refractivity (Wildman–Crippen MR) is 112 cm³/mol. The third-order valence-electron chi connectivity index (χ3n) is 3.17. The van der Waals surface area contributed by atoms with E-state index in [4.69, 9.17) is 0 Å². The molecule has 7 heteroatoms. The van der Waals surface area contributed by atoms with Gasteiger partial charge in [-0.2, -0.15) is 0 Å². The van der Waals surface area contributed by atoms with Gasteiger partial charge in [-0.25, -0.2) is 8.42 Å². The van der Waals surface area contributed by atoms with Crippen LogP contribution >= 0.6 is 24.0 Å². The zero-order valence-electron chi connectivity index (χ0n) is 15.2. The van der Waals surface area contributed by atoms with Gasteiger partial charge in [0.1, 0.15) is 0 Å². The summed E-state index contributed by atoms with van der Waals surface area (Å²) in [5, 5.41) is 6.54. The Bertz CT molecular complexity index is 610. The van der Waals surface area contributed by atoms with E-state index in [-0.39, 0.29) is 41.3 Å². The highest BCUT2D eigenvalue weighted by atomic mass is 127. The first-order valence-electron chi connectivity index (χ1n) is 8.05. The van der Waals surface area contributed by atoms with Gasteiger partial charge in [0.15, 0.2) is 15.8 Å². The van der Waals surface area contributed by atoms with Crippen molar-refractivity contribution in [3.05, 3.63) is 30.3 Å². The Morgan fingerprint density at radius 2 is 1.75 bits per heavy atom. The first-order valence-corrected chi connectivity index (χ1v) is 9.70. The molecule has 1 atom stereocenters. The van der Waals surface area contributed by atoms with Crippen molar-refractivity contribution in [2.24, 2.45) is 4.99 Å². The van der Waals surface area contributed by atoms with Crippen LogP contribution in [0, 0.1) is 0 Å². The highest BCUT2D eigenvalue weighted by Gasteiger charge is 2.22. The Morgan fingerprint density at radius 1 is 1.17 bits per heavy atom. The molecule has 5 nitrogen and oxygen atoms in total. The number of nitrogens with one attached hydrogen (secondary N) is 2. The van der Waals surface area contributed by atoms with Gasteiger partial charge < -0.3 is 10.6 Å². The van der Waals surface area contributed by atoms with Crippen molar-refractivity contribution in [1.29, 1.82) is 0 Å². The molecule has 1 aromatic carbocycles. The van der Waals surface area contributed by atoms with Gasteiger partial charge in [0, 0.05) is 18.1 Å². The number of hydrogen-bond acceptors (Lipinski definition) is 3. The summed E-state index contributed by atoms with van der Waals surface area (Å²) in [6.45, 7) is 10.7. The minimum absolute atomic E-state index is 0. The highest BCUT2D eigenvalue weighted by Crippen LogP contribution is 2.12. The molecule has 0 aromatic heterocycles. The Kier molecular flexibility index (Phi) is 9.87. The maximum absolute atomic E-state index is 12.5. The molecule has 138 valence electrons. The van der Waals surface area contributed by atoms with Crippen molar-refractivity contribution in [3.8, 4) is 0 Å². The summed E-state index contributed by atoms with van der Waals surface area (Å²) in [4.78, 5) is 4.76. The SMILES string of the molecule is CCN=C(NC(CC)CS(=O)(=O)c1ccccc1)NC(C)(C)C.I. The van der Waals surface area contributed by atoms with Crippen molar-refractivity contribution in [2.75, 3.05) is 12.3 Å². The van der Waals surface area contributed by atoms with Gasteiger partial charge in [0.25, 0.3) is 0 Å². The fraction of sp³-hybridized carbons (Fsp3) is 0.588. The summed E-state index contributed by atoms with van der Waals surface area (Å²) in [6.07, 6.45) is 0.695. The van der Waals surface area contributed by atoms with Gasteiger partial charge in [-0.05, 0) is 46.2 Å². The summed E-state index contributed by atoms with van der Waals surface area (Å²) in [7, 11) is -3.32. The Hall–Kier alpha value is -0.830. The van der Waals surface area contributed by atoms with Gasteiger partial charge in [-0.1, -0.05) is 25.1 Å². The number of guanidine groups is 1. The lowest BCUT2D eigenvalue weighted by Crippen LogP contribution is -2.52. The average Bonchev–Trinajstić information content (AvgIpc) is 2.46. The Labute approximate surface area is 163 Å². The zero-order valence-corrected chi connectivity index (χ0v) is 18.3. The van der Waals surface area contributed by atoms with Crippen molar-refractivity contribution in [2.45, 2.75) is 57.5 Å². The monoisotopic (exact) mass is 467 g/mol. The minimum Gasteiger partial charge on any atom is -0.353 e. The summed E-state index contributed by atoms with van der Waals surface area (Å²) in [5.41, 5.74) is -0.141. The molecule has 0 aliphatic heterocycles. The number of hydrogen-bond donors (Lipinski definition) is 2. The smallest absolute Gasteiger partial charge is 0.191 e. The van der Waals surface area contributed by atoms with Gasteiger partial charge in [-0.3, -0.25) is 4.99 Å². The normalized spacial score (nSPS) is 13.8. The van der Waals surface area contributed by atoms with Crippen LogP contribution in [0.15, 0.2) is 40.2 Å². The number of halogens is 1. The lowest BCUT2D eigenvalue weighted by atomic mass is 10.1. The molecule has 0 saturated heterocycles. The first-order chi connectivity index (χ1) is 10.7. The number of aliphatic imine (C=N–C) groups is 1. The molecule has 0 aliphatic carbocycles. The van der Waals surface area contributed by atoms with Crippen molar-refractivity contribution in [1.82, 2.24) is 10.6 Å². The van der Waals surface area contributed by atoms with E-state index in [1.54, 1.807) is 24.3 Å². The van der Waals surface area contributed by atoms with Crippen LogP contribution in [0.1, 0.15) is 41.0 Å². The van der Waals surface area contributed by atoms with Crippen LogP contribution in [-0.4, -0.2) is 38.3 Å². The van der Waals surface area contributed by atoms with E-state index in [0.29, 0.717) is 23.8 Å². The molecule has 0 aliphatic rings. The van der Waals surface area contributed by atoms with E-state index in [0.717, 1.165) is 0 Å². The average molecular weight is 467 g/mol. The molecule has 24 heavy (non-hydrogen) atoms. The molecular weight excluding hydrogens is 437 g/mol. The van der Waals surface area contributed by atoms with Gasteiger partial charge in [0.05, 0.1) is 10.6 Å². The van der Waals surface area contributed by atoms with Crippen LogP contribution in [0.2, 0.25) is 0 Å². The van der Waals surface area contributed by atoms with E-state index >= 15 is 0 Å². The summed E-state index contributed by atoms with van der Waals surface area (Å²) >= 11 is 0. The van der Waals surface area contributed by atoms with Gasteiger partial charge >= 0.3 is 0 Å². The topological polar surface area (TPSA) is 70.6 Å². The summed E-state index contributed by atoms with van der Waals surface area (Å²) < 4.78 is 25.1. The predicted octanol–water partition coefficient (Wildman–Crippen LogP) is 3.21. The van der Waals surface area contributed by atoms with E-state index in [1.165, 1.54) is 0 Å². The van der Waals surface area contributed by atoms with Crippen LogP contribution in [0.25, 0.3) is 0 Å². The van der Waals surface area contributed by atoms with Gasteiger partial charge in [-0.15, -0.1) is 24.0 Å². The van der Waals surface area contributed by atoms with Crippen molar-refractivity contribution in [3.63, 3.8) is 0 Å². The maximum Gasteiger partial charge on any atom is 0.191 e. The van der Waals surface area contributed by atoms with Crippen LogP contribution in [0.5, 0.6) is 0 Å². The zero-order chi connectivity index (χ0) is 17.5. The molecule has 0 bridgehead atoms. The van der Waals surface area contributed by atoms with Crippen LogP contribution in [0.4, 0.5) is 0 Å². The van der Waals surface area contributed by atoms with E-state index in [1.807, 2.05) is 40.7 Å². The standard InChI is InChI=1S/C17H29N3O2S.HI/c1-6-14(19-16(18-7-2)20-17(3,4)5)13-23(21,22)15-11-9-8-10-12-15;/h8-12,14H,6-7,13H2,1-5H3,(H2,18,19,20);1H. The lowest BCUT2D eigenvalue weighted by molar-refractivity contribution is 0.491. The highest BCUT2D eigenvalue weighted by molar-refractivity contribution is 14.0. The fourth-order valence-corrected chi connectivity index (χ4v) is 3.69. The molecule has 1 aromatic rings. The van der Waals surface area contributed by atoms with E-state index in [2.05, 4.69) is 15.6 Å². The van der Waals surface area contributed by atoms with Crippen LogP contribution in [0.3, 0.4) is 0 Å². The molecule has 2 N–H and O–H groups in total. The summed E-state index contributed by atoms with van der Waals surface area (Å²) in [5.74, 6) is 0.692. The van der Waals surface area contributed by atoms with E-state index < -0.39 is 9.84 Å². The molecular formula is C17H30IN3O2S. The molecule has 0 radical (unpaired) electrons. The van der Waals surface area contributed by atoms with Crippen molar-refractivity contribution < 1.29 is 8.42 Å². The second-order valence-corrected chi connectivity index (χ2v) is 8.58. The lowest BCUT2D eigenvalue weighted by Gasteiger charge is -2.27. The van der Waals surface area contributed by atoms with Crippen molar-refractivity contribution >= 4 is 39.8 Å². The molecule has 0 amide bonds. The summed E-state index contributed by atoms with van der Waals surface area (Å²) in [6, 6.07) is 8.37. The molecule has 1 rings (SSSR count). The van der Waals surface area contributed by atoms with Crippen LogP contribution in [-0.2, 0) is 9.84 Å². The number of nitrogens with zero attached hydrogens (tertiary/aromatic N) is 1. The molecule has 0 saturated carbocycles. The second-order valence-electron chi connectivity index (χ2n) is 6.54. The van der Waals surface area contributed by atoms with E-state index in [9.17, 15) is 8.42 Å². The second kappa shape index (κ2) is 10.2. The number of rotatable bonds is 6. The van der Waals surface area contributed by atoms with Gasteiger partial charge in [0.2, 0.25) is 0 Å². The Morgan fingerprint density at radius 3 is 2.21 bits per heavy atom. The third-order valence-corrected chi connectivity index (χ3v) is 5.00. The maximum atomic E-state index is 12.5. The number of sulfone groups is 1. The molecule has 0 heterocycles. The Balaban J connectivity index is 0.00000529. The molecule has 1 unspecified atom stereocenters. The first kappa shape index (κ1) is 23.2. The fourth-order valence-electron chi connectivity index (χ4n) is 2.08. The minimum atomic E-state index is -3.32. The quantitative estimate of drug-likeness (QED) is 0.383. The van der Waals surface area contributed by atoms with Crippen LogP contribution < -0.4 is 10.6 Å². The largest absolute Gasteiger partial charge is 0.353 e.